The van der Waals surface area contributed by atoms with Gasteiger partial charge in [-0.05, 0) is 19.9 Å². The number of H-pyrrole nitrogens is 1. The van der Waals surface area contributed by atoms with E-state index in [4.69, 9.17) is 0 Å². The highest BCUT2D eigenvalue weighted by Gasteiger charge is 2.15. The number of nitrogens with one attached hydrogen (secondary N) is 3. The lowest BCUT2D eigenvalue weighted by Crippen LogP contribution is -2.42. The number of hydrogen-bond donors (Lipinski definition) is 3. The molecule has 0 bridgehead atoms. The summed E-state index contributed by atoms with van der Waals surface area (Å²) in [6.07, 6.45) is 1.79. The Balaban J connectivity index is 1.65. The van der Waals surface area contributed by atoms with Crippen LogP contribution < -0.4 is 10.9 Å². The van der Waals surface area contributed by atoms with E-state index < -0.39 is 0 Å². The van der Waals surface area contributed by atoms with E-state index >= 15 is 0 Å². The Kier molecular flexibility index (Phi) is 4.07. The number of carbonyl (C=O) groups is 2. The third-order valence-electron chi connectivity index (χ3n) is 4.15. The lowest BCUT2D eigenvalue weighted by Gasteiger charge is -2.07. The van der Waals surface area contributed by atoms with E-state index in [1.54, 1.807) is 10.9 Å². The van der Waals surface area contributed by atoms with Crippen LogP contribution in [0.3, 0.4) is 0 Å². The standard InChI is InChI=1S/C17H19N5O2/c1-10-13(11(2)22(3)21-10)8-16(23)19-20-17(24)14-9-18-15-7-5-4-6-12(14)15/h4-7,9,18H,8H2,1-3H3,(H,19,23)(H,20,24). The van der Waals surface area contributed by atoms with Gasteiger partial charge in [-0.15, -0.1) is 0 Å². The monoisotopic (exact) mass is 325 g/mol. The molecule has 3 rings (SSSR count). The highest BCUT2D eigenvalue weighted by molar-refractivity contribution is 6.07. The van der Waals surface area contributed by atoms with Gasteiger partial charge in [0, 0.05) is 35.4 Å². The molecule has 0 radical (unpaired) electrons. The maximum Gasteiger partial charge on any atom is 0.271 e. The fourth-order valence-electron chi connectivity index (χ4n) is 2.73. The molecule has 3 aromatic rings. The van der Waals surface area contributed by atoms with E-state index in [1.165, 1.54) is 0 Å². The summed E-state index contributed by atoms with van der Waals surface area (Å²) < 4.78 is 1.74. The van der Waals surface area contributed by atoms with Gasteiger partial charge in [0.25, 0.3) is 5.91 Å². The van der Waals surface area contributed by atoms with Gasteiger partial charge in [-0.1, -0.05) is 18.2 Å². The molecule has 124 valence electrons. The van der Waals surface area contributed by atoms with Crippen molar-refractivity contribution >= 4 is 22.7 Å². The number of carbonyl (C=O) groups excluding carboxylic acids is 2. The largest absolute Gasteiger partial charge is 0.360 e. The first kappa shape index (κ1) is 15.8. The first-order chi connectivity index (χ1) is 11.5. The number of nitrogens with zero attached hydrogens (tertiary/aromatic N) is 2. The van der Waals surface area contributed by atoms with E-state index in [1.807, 2.05) is 45.2 Å². The molecular formula is C17H19N5O2. The van der Waals surface area contributed by atoms with Crippen LogP contribution in [-0.4, -0.2) is 26.6 Å². The van der Waals surface area contributed by atoms with Crippen molar-refractivity contribution in [3.63, 3.8) is 0 Å². The van der Waals surface area contributed by atoms with Crippen LogP contribution in [-0.2, 0) is 18.3 Å². The lowest BCUT2D eigenvalue weighted by molar-refractivity contribution is -0.121. The van der Waals surface area contributed by atoms with Gasteiger partial charge >= 0.3 is 0 Å². The number of hydrogen-bond acceptors (Lipinski definition) is 3. The molecule has 0 fully saturated rings. The Bertz CT molecular complexity index is 922. The SMILES string of the molecule is Cc1nn(C)c(C)c1CC(=O)NNC(=O)c1c[nH]c2ccccc12. The molecule has 0 spiro atoms. The van der Waals surface area contributed by atoms with Crippen molar-refractivity contribution in [2.45, 2.75) is 20.3 Å². The van der Waals surface area contributed by atoms with Gasteiger partial charge in [0.1, 0.15) is 0 Å². The molecule has 0 aliphatic carbocycles. The first-order valence-corrected chi connectivity index (χ1v) is 7.61. The molecule has 0 unspecified atom stereocenters. The third kappa shape index (κ3) is 2.88. The summed E-state index contributed by atoms with van der Waals surface area (Å²) in [5.74, 6) is -0.650. The van der Waals surface area contributed by atoms with Crippen LogP contribution in [0.15, 0.2) is 30.5 Å². The maximum atomic E-state index is 12.3. The predicted molar refractivity (Wildman–Crippen MR) is 90.3 cm³/mol. The normalized spacial score (nSPS) is 10.8. The number of benzene rings is 1. The van der Waals surface area contributed by atoms with Crippen LogP contribution in [0.25, 0.3) is 10.9 Å². The van der Waals surface area contributed by atoms with E-state index in [0.29, 0.717) is 5.56 Å². The molecule has 0 atom stereocenters. The van der Waals surface area contributed by atoms with Gasteiger partial charge in [-0.3, -0.25) is 25.1 Å². The smallest absolute Gasteiger partial charge is 0.271 e. The number of hydrazine groups is 1. The molecule has 7 heteroatoms. The van der Waals surface area contributed by atoms with E-state index in [2.05, 4.69) is 20.9 Å². The Hall–Kier alpha value is -3.09. The van der Waals surface area contributed by atoms with Gasteiger partial charge < -0.3 is 4.98 Å². The van der Waals surface area contributed by atoms with Crippen LogP contribution in [0.5, 0.6) is 0 Å². The molecule has 24 heavy (non-hydrogen) atoms. The minimum atomic E-state index is -0.361. The minimum absolute atomic E-state index is 0.166. The number of aromatic nitrogens is 3. The zero-order valence-electron chi connectivity index (χ0n) is 13.8. The molecule has 2 amide bonds. The van der Waals surface area contributed by atoms with Gasteiger partial charge in [0.05, 0.1) is 17.7 Å². The van der Waals surface area contributed by atoms with E-state index in [-0.39, 0.29) is 18.2 Å². The fourth-order valence-corrected chi connectivity index (χ4v) is 2.73. The molecule has 1 aromatic carbocycles. The van der Waals surface area contributed by atoms with E-state index in [9.17, 15) is 9.59 Å². The van der Waals surface area contributed by atoms with Crippen molar-refractivity contribution < 1.29 is 9.59 Å². The Morgan fingerprint density at radius 2 is 1.96 bits per heavy atom. The average Bonchev–Trinajstić information content (AvgIpc) is 3.09. The van der Waals surface area contributed by atoms with Gasteiger partial charge in [-0.25, -0.2) is 0 Å². The average molecular weight is 325 g/mol. The fraction of sp³-hybridized carbons (Fsp3) is 0.235. The molecule has 0 saturated carbocycles. The minimum Gasteiger partial charge on any atom is -0.360 e. The zero-order valence-corrected chi connectivity index (χ0v) is 13.8. The summed E-state index contributed by atoms with van der Waals surface area (Å²) in [5, 5.41) is 5.09. The quantitative estimate of drug-likeness (QED) is 0.638. The molecule has 0 saturated heterocycles. The van der Waals surface area contributed by atoms with Crippen molar-refractivity contribution in [3.05, 3.63) is 53.0 Å². The van der Waals surface area contributed by atoms with Crippen molar-refractivity contribution in [3.8, 4) is 0 Å². The van der Waals surface area contributed by atoms with E-state index in [0.717, 1.165) is 27.9 Å². The number of fused-ring (bicyclic) bond motifs is 1. The van der Waals surface area contributed by atoms with Crippen LogP contribution in [0.4, 0.5) is 0 Å². The van der Waals surface area contributed by atoms with Crippen molar-refractivity contribution in [1.82, 2.24) is 25.6 Å². The second-order valence-corrected chi connectivity index (χ2v) is 5.70. The summed E-state index contributed by atoms with van der Waals surface area (Å²) in [5.41, 5.74) is 8.89. The van der Waals surface area contributed by atoms with Gasteiger partial charge in [0.15, 0.2) is 0 Å². The summed E-state index contributed by atoms with van der Waals surface area (Å²) in [7, 11) is 1.84. The predicted octanol–water partition coefficient (Wildman–Crippen LogP) is 1.52. The van der Waals surface area contributed by atoms with Crippen molar-refractivity contribution in [1.29, 1.82) is 0 Å². The van der Waals surface area contributed by atoms with Crippen LogP contribution >= 0.6 is 0 Å². The van der Waals surface area contributed by atoms with Crippen LogP contribution in [0.2, 0.25) is 0 Å². The molecule has 0 aliphatic heterocycles. The summed E-state index contributed by atoms with van der Waals surface area (Å²) in [6, 6.07) is 7.49. The molecule has 3 N–H and O–H groups in total. The maximum absolute atomic E-state index is 12.3. The molecule has 2 aromatic heterocycles. The first-order valence-electron chi connectivity index (χ1n) is 7.61. The number of aromatic amines is 1. The Labute approximate surface area is 139 Å². The zero-order chi connectivity index (χ0) is 17.3. The molecule has 0 aliphatic rings. The lowest BCUT2D eigenvalue weighted by atomic mass is 10.1. The number of rotatable bonds is 3. The van der Waals surface area contributed by atoms with Crippen LogP contribution in [0.1, 0.15) is 27.3 Å². The Morgan fingerprint density at radius 1 is 1.21 bits per heavy atom. The second-order valence-electron chi connectivity index (χ2n) is 5.70. The summed E-state index contributed by atoms with van der Waals surface area (Å²) in [6.45, 7) is 3.77. The van der Waals surface area contributed by atoms with Crippen molar-refractivity contribution in [2.24, 2.45) is 7.05 Å². The molecule has 7 nitrogen and oxygen atoms in total. The number of para-hydroxylation sites is 1. The molecular weight excluding hydrogens is 306 g/mol. The number of amides is 2. The second kappa shape index (κ2) is 6.19. The summed E-state index contributed by atoms with van der Waals surface area (Å²) in [4.78, 5) is 27.4. The van der Waals surface area contributed by atoms with Crippen molar-refractivity contribution in [2.75, 3.05) is 0 Å². The number of aryl methyl sites for hydroxylation is 2. The third-order valence-corrected chi connectivity index (χ3v) is 4.15. The van der Waals surface area contributed by atoms with Gasteiger partial charge in [-0.2, -0.15) is 5.10 Å². The Morgan fingerprint density at radius 3 is 2.67 bits per heavy atom. The van der Waals surface area contributed by atoms with Crippen LogP contribution in [0, 0.1) is 13.8 Å². The topological polar surface area (TPSA) is 91.8 Å². The van der Waals surface area contributed by atoms with Gasteiger partial charge in [0.2, 0.25) is 5.91 Å². The summed E-state index contributed by atoms with van der Waals surface area (Å²) >= 11 is 0. The highest BCUT2D eigenvalue weighted by atomic mass is 16.2. The molecule has 2 heterocycles. The highest BCUT2D eigenvalue weighted by Crippen LogP contribution is 2.17.